The molecule has 0 radical (unpaired) electrons. The summed E-state index contributed by atoms with van der Waals surface area (Å²) in [6.07, 6.45) is 1.10. The molecule has 0 bridgehead atoms. The predicted molar refractivity (Wildman–Crippen MR) is 153 cm³/mol. The van der Waals surface area contributed by atoms with Crippen LogP contribution in [0.15, 0.2) is 36.4 Å². The van der Waals surface area contributed by atoms with Gasteiger partial charge in [-0.3, -0.25) is 24.0 Å². The Morgan fingerprint density at radius 2 is 1.85 bits per heavy atom. The number of carbonyl (C=O) groups is 5. The average molecular weight is 607 g/mol. The minimum absolute atomic E-state index is 0.0826. The number of aliphatic carboxylic acids is 1. The molecule has 1 aliphatic rings. The molecule has 220 valence electrons. The van der Waals surface area contributed by atoms with E-state index in [1.807, 2.05) is 0 Å². The highest BCUT2D eigenvalue weighted by Gasteiger charge is 2.44. The van der Waals surface area contributed by atoms with E-state index in [9.17, 15) is 33.5 Å². The molecule has 1 atom stereocenters. The molecule has 2 aromatic rings. The summed E-state index contributed by atoms with van der Waals surface area (Å²) in [5.74, 6) is -3.35. The van der Waals surface area contributed by atoms with Crippen molar-refractivity contribution >= 4 is 52.7 Å². The molecule has 2 aromatic carbocycles. The van der Waals surface area contributed by atoms with Crippen LogP contribution in [0.2, 0.25) is 5.02 Å². The van der Waals surface area contributed by atoms with Gasteiger partial charge in [0.2, 0.25) is 11.8 Å². The first-order chi connectivity index (χ1) is 19.5. The van der Waals surface area contributed by atoms with Crippen LogP contribution in [0.3, 0.4) is 0 Å². The lowest BCUT2D eigenvalue weighted by atomic mass is 9.94. The van der Waals surface area contributed by atoms with Gasteiger partial charge in [-0.15, -0.1) is 11.8 Å². The van der Waals surface area contributed by atoms with Crippen molar-refractivity contribution in [1.82, 2.24) is 10.6 Å². The highest BCUT2D eigenvalue weighted by atomic mass is 35.5. The fourth-order valence-corrected chi connectivity index (χ4v) is 6.06. The number of nitrogens with one attached hydrogen (secondary N) is 2. The lowest BCUT2D eigenvalue weighted by molar-refractivity contribution is -0.141. The van der Waals surface area contributed by atoms with E-state index in [-0.39, 0.29) is 34.3 Å². The monoisotopic (exact) mass is 606 g/mol. The molecule has 0 unspecified atom stereocenters. The zero-order valence-electron chi connectivity index (χ0n) is 22.8. The molecule has 0 spiro atoms. The van der Waals surface area contributed by atoms with Crippen LogP contribution >= 0.6 is 23.4 Å². The third kappa shape index (κ3) is 8.53. The fourth-order valence-electron chi connectivity index (χ4n) is 4.75. The van der Waals surface area contributed by atoms with E-state index < -0.39 is 47.4 Å². The molecular weight excluding hydrogens is 575 g/mol. The molecule has 3 N–H and O–H groups in total. The Kier molecular flexibility index (Phi) is 11.3. The maximum absolute atomic E-state index is 14.1. The summed E-state index contributed by atoms with van der Waals surface area (Å²) in [6, 6.07) is 7.66. The maximum atomic E-state index is 14.1. The van der Waals surface area contributed by atoms with E-state index in [1.165, 1.54) is 32.2 Å². The third-order valence-electron chi connectivity index (χ3n) is 6.93. The Hall–Kier alpha value is -3.44. The standard InChI is InChI=1S/C29H32ClFN2O7S/c1-17(34)18-8-9-25(40-2)19(12-18)13-26(36)33-29(10-3-4-11-29)28(39)32-23(14-27(37)38)24(35)16-41-15-20-21(30)6-5-7-22(20)31/h5-9,12,23H,3-4,10-11,13-16H2,1-2H3,(H,32,39)(H,33,36)(H,37,38)/t23-/m0/s1. The van der Waals surface area contributed by atoms with Gasteiger partial charge in [0.15, 0.2) is 11.6 Å². The van der Waals surface area contributed by atoms with Crippen molar-refractivity contribution in [2.45, 2.75) is 62.8 Å². The summed E-state index contributed by atoms with van der Waals surface area (Å²) >= 11 is 7.09. The number of carbonyl (C=O) groups excluding carboxylic acids is 4. The zero-order valence-corrected chi connectivity index (χ0v) is 24.3. The van der Waals surface area contributed by atoms with Gasteiger partial charge in [-0.1, -0.05) is 30.5 Å². The summed E-state index contributed by atoms with van der Waals surface area (Å²) < 4.78 is 19.4. The first kappa shape index (κ1) is 32.1. The molecule has 1 aliphatic carbocycles. The largest absolute Gasteiger partial charge is 0.496 e. The summed E-state index contributed by atoms with van der Waals surface area (Å²) in [4.78, 5) is 62.9. The van der Waals surface area contributed by atoms with Crippen molar-refractivity contribution in [2.24, 2.45) is 0 Å². The molecule has 9 nitrogen and oxygen atoms in total. The van der Waals surface area contributed by atoms with Crippen LogP contribution in [0.5, 0.6) is 5.75 Å². The van der Waals surface area contributed by atoms with Crippen molar-refractivity contribution in [3.05, 3.63) is 63.9 Å². The van der Waals surface area contributed by atoms with E-state index in [4.69, 9.17) is 16.3 Å². The van der Waals surface area contributed by atoms with Gasteiger partial charge in [-0.25, -0.2) is 4.39 Å². The molecule has 0 aliphatic heterocycles. The fraction of sp³-hybridized carbons (Fsp3) is 0.414. The number of amides is 2. The average Bonchev–Trinajstić information content (AvgIpc) is 3.39. The lowest BCUT2D eigenvalue weighted by Crippen LogP contribution is -2.60. The molecule has 1 saturated carbocycles. The number of rotatable bonds is 14. The molecule has 0 saturated heterocycles. The zero-order chi connectivity index (χ0) is 30.2. The topological polar surface area (TPSA) is 139 Å². The van der Waals surface area contributed by atoms with Crippen LogP contribution in [0.1, 0.15) is 60.5 Å². The van der Waals surface area contributed by atoms with Crippen molar-refractivity contribution in [1.29, 1.82) is 0 Å². The van der Waals surface area contributed by atoms with Gasteiger partial charge in [0.05, 0.1) is 31.7 Å². The number of carboxylic acids is 1. The molecule has 2 amide bonds. The van der Waals surface area contributed by atoms with Gasteiger partial charge in [0.25, 0.3) is 0 Å². The van der Waals surface area contributed by atoms with Crippen molar-refractivity contribution < 1.29 is 38.2 Å². The summed E-state index contributed by atoms with van der Waals surface area (Å²) in [7, 11) is 1.44. The highest BCUT2D eigenvalue weighted by Crippen LogP contribution is 2.31. The Balaban J connectivity index is 1.70. The number of benzene rings is 2. The Bertz CT molecular complexity index is 1310. The number of methoxy groups -OCH3 is 1. The van der Waals surface area contributed by atoms with Crippen LogP contribution in [-0.4, -0.2) is 58.9 Å². The Morgan fingerprint density at radius 3 is 2.46 bits per heavy atom. The Labute approximate surface area is 246 Å². The quantitative estimate of drug-likeness (QED) is 0.273. The van der Waals surface area contributed by atoms with Crippen LogP contribution in [-0.2, 0) is 31.4 Å². The minimum atomic E-state index is -1.34. The Morgan fingerprint density at radius 1 is 1.15 bits per heavy atom. The van der Waals surface area contributed by atoms with Gasteiger partial charge < -0.3 is 20.5 Å². The van der Waals surface area contributed by atoms with Crippen LogP contribution < -0.4 is 15.4 Å². The summed E-state index contributed by atoms with van der Waals surface area (Å²) in [5, 5.41) is 15.0. The first-order valence-electron chi connectivity index (χ1n) is 13.0. The van der Waals surface area contributed by atoms with E-state index in [2.05, 4.69) is 10.6 Å². The number of ketones is 2. The van der Waals surface area contributed by atoms with E-state index in [1.54, 1.807) is 18.2 Å². The number of hydrogen-bond donors (Lipinski definition) is 3. The van der Waals surface area contributed by atoms with E-state index >= 15 is 0 Å². The lowest BCUT2D eigenvalue weighted by Gasteiger charge is -2.31. The van der Waals surface area contributed by atoms with Gasteiger partial charge in [-0.2, -0.15) is 0 Å². The van der Waals surface area contributed by atoms with E-state index in [0.717, 1.165) is 11.8 Å². The van der Waals surface area contributed by atoms with Gasteiger partial charge in [-0.05, 0) is 50.1 Å². The van der Waals surface area contributed by atoms with Crippen molar-refractivity contribution in [3.8, 4) is 5.75 Å². The normalized spacial score (nSPS) is 14.6. The molecule has 12 heteroatoms. The number of hydrogen-bond acceptors (Lipinski definition) is 7. The molecule has 0 aromatic heterocycles. The molecule has 3 rings (SSSR count). The van der Waals surface area contributed by atoms with Crippen LogP contribution in [0, 0.1) is 5.82 Å². The van der Waals surface area contributed by atoms with Crippen molar-refractivity contribution in [3.63, 3.8) is 0 Å². The van der Waals surface area contributed by atoms with Crippen LogP contribution in [0.4, 0.5) is 4.39 Å². The van der Waals surface area contributed by atoms with E-state index in [0.29, 0.717) is 42.6 Å². The number of Topliss-reactive ketones (excluding diaryl/α,β-unsaturated/α-hetero) is 2. The number of halogens is 2. The third-order valence-corrected chi connectivity index (χ3v) is 8.27. The second kappa shape index (κ2) is 14.5. The first-order valence-corrected chi connectivity index (χ1v) is 14.5. The molecule has 1 fully saturated rings. The highest BCUT2D eigenvalue weighted by molar-refractivity contribution is 7.99. The smallest absolute Gasteiger partial charge is 0.305 e. The van der Waals surface area contributed by atoms with Crippen molar-refractivity contribution in [2.75, 3.05) is 12.9 Å². The number of ether oxygens (including phenoxy) is 1. The second-order valence-corrected chi connectivity index (χ2v) is 11.3. The predicted octanol–water partition coefficient (Wildman–Crippen LogP) is 4.12. The summed E-state index contributed by atoms with van der Waals surface area (Å²) in [5.41, 5.74) is -0.221. The minimum Gasteiger partial charge on any atom is -0.496 e. The van der Waals surface area contributed by atoms with Gasteiger partial charge in [0.1, 0.15) is 17.1 Å². The van der Waals surface area contributed by atoms with Gasteiger partial charge >= 0.3 is 5.97 Å². The molecule has 41 heavy (non-hydrogen) atoms. The number of thioether (sulfide) groups is 1. The summed E-state index contributed by atoms with van der Waals surface area (Å²) in [6.45, 7) is 1.41. The second-order valence-electron chi connectivity index (χ2n) is 9.88. The van der Waals surface area contributed by atoms with Gasteiger partial charge in [0, 0.05) is 27.5 Å². The maximum Gasteiger partial charge on any atom is 0.305 e. The number of carboxylic acid groups (broad SMARTS) is 1. The molecule has 0 heterocycles. The SMILES string of the molecule is COc1ccc(C(C)=O)cc1CC(=O)NC1(C(=O)N[C@@H](CC(=O)O)C(=O)CSCc2c(F)cccc2Cl)CCCC1. The molecular formula is C29H32ClFN2O7S. The van der Waals surface area contributed by atoms with Crippen LogP contribution in [0.25, 0.3) is 0 Å².